The van der Waals surface area contributed by atoms with Gasteiger partial charge in [0.2, 0.25) is 6.34 Å². The number of nitrogens with zero attached hydrogens (tertiary/aromatic N) is 4. The highest BCUT2D eigenvalue weighted by molar-refractivity contribution is 5.94. The van der Waals surface area contributed by atoms with E-state index in [2.05, 4.69) is 160 Å². The first-order valence-corrected chi connectivity index (χ1v) is 15.9. The van der Waals surface area contributed by atoms with E-state index in [1.54, 1.807) is 0 Å². The molecular weight excluding hydrogens is 564 g/mol. The van der Waals surface area contributed by atoms with Crippen LogP contribution in [-0.2, 0) is 10.8 Å². The number of anilines is 1. The van der Waals surface area contributed by atoms with Gasteiger partial charge in [-0.25, -0.2) is 4.98 Å². The standard InChI is InChI=1S/C41H40N4O/c1-40(2,3)30-24-34(41(4,5)6)39(46)37(25-30)43-22-20-31-15-12-18-36(45(31)27-43)33-26-44(35-17-11-10-16-32(33)35)38-23-29(19-21-42-38)28-13-8-7-9-14-28/h7-26,31,46H,1-6H3. The number of fused-ring (bicyclic) bond motifs is 2. The lowest BCUT2D eigenvalue weighted by Crippen LogP contribution is -2.35. The number of phenolic OH excluding ortho intramolecular Hbond substituents is 1. The molecule has 0 saturated heterocycles. The molecule has 0 radical (unpaired) electrons. The molecule has 0 bridgehead atoms. The van der Waals surface area contributed by atoms with Gasteiger partial charge in [0.05, 0.1) is 16.9 Å². The van der Waals surface area contributed by atoms with Crippen LogP contribution in [0.15, 0.2) is 122 Å². The van der Waals surface area contributed by atoms with E-state index >= 15 is 0 Å². The fourth-order valence-electron chi connectivity index (χ4n) is 6.28. The van der Waals surface area contributed by atoms with E-state index in [1.807, 2.05) is 23.4 Å². The van der Waals surface area contributed by atoms with Crippen LogP contribution >= 0.6 is 0 Å². The molecule has 1 N–H and O–H groups in total. The van der Waals surface area contributed by atoms with E-state index in [0.717, 1.165) is 50.4 Å². The Labute approximate surface area is 271 Å². The Morgan fingerprint density at radius 3 is 2.35 bits per heavy atom. The number of allylic oxidation sites excluding steroid dienone is 2. The van der Waals surface area contributed by atoms with E-state index in [4.69, 9.17) is 4.98 Å². The van der Waals surface area contributed by atoms with Gasteiger partial charge in [-0.2, -0.15) is 0 Å². The summed E-state index contributed by atoms with van der Waals surface area (Å²) in [7, 11) is 0. The third-order valence-corrected chi connectivity index (χ3v) is 8.88. The molecule has 230 valence electrons. The summed E-state index contributed by atoms with van der Waals surface area (Å²) < 4.78 is 4.34. The van der Waals surface area contributed by atoms with Gasteiger partial charge in [-0.05, 0) is 63.4 Å². The summed E-state index contributed by atoms with van der Waals surface area (Å²) in [5.74, 6) is 1.15. The summed E-state index contributed by atoms with van der Waals surface area (Å²) >= 11 is 0. The van der Waals surface area contributed by atoms with Crippen LogP contribution in [0.1, 0.15) is 58.2 Å². The number of benzene rings is 3. The van der Waals surface area contributed by atoms with Gasteiger partial charge in [0, 0.05) is 29.5 Å². The Morgan fingerprint density at radius 1 is 0.826 bits per heavy atom. The molecule has 2 aliphatic rings. The van der Waals surface area contributed by atoms with E-state index in [1.165, 1.54) is 5.56 Å². The van der Waals surface area contributed by atoms with E-state index in [-0.39, 0.29) is 22.6 Å². The molecule has 3 aromatic carbocycles. The van der Waals surface area contributed by atoms with Gasteiger partial charge in [0.15, 0.2) is 0 Å². The second kappa shape index (κ2) is 11.0. The molecule has 1 unspecified atom stereocenters. The molecule has 5 nitrogen and oxygen atoms in total. The summed E-state index contributed by atoms with van der Waals surface area (Å²) in [6.07, 6.45) is 18.3. The average molecular weight is 605 g/mol. The van der Waals surface area contributed by atoms with Crippen molar-refractivity contribution in [1.29, 1.82) is 0 Å². The number of aromatic nitrogens is 2. The first-order valence-electron chi connectivity index (χ1n) is 15.9. The minimum absolute atomic E-state index is 0.00655. The lowest BCUT2D eigenvalue weighted by molar-refractivity contribution is -0.447. The molecule has 0 fully saturated rings. The summed E-state index contributed by atoms with van der Waals surface area (Å²) in [4.78, 5) is 6.73. The maximum absolute atomic E-state index is 11.6. The maximum Gasteiger partial charge on any atom is 0.245 e. The van der Waals surface area contributed by atoms with Crippen molar-refractivity contribution in [2.75, 3.05) is 4.90 Å². The predicted octanol–water partition coefficient (Wildman–Crippen LogP) is 9.22. The lowest BCUT2D eigenvalue weighted by Gasteiger charge is -2.33. The predicted molar refractivity (Wildman–Crippen MR) is 190 cm³/mol. The third-order valence-electron chi connectivity index (χ3n) is 8.88. The van der Waals surface area contributed by atoms with Crippen LogP contribution in [0, 0.1) is 0 Å². The first kappa shape index (κ1) is 29.5. The number of aromatic hydroxyl groups is 1. The summed E-state index contributed by atoms with van der Waals surface area (Å²) in [5, 5.41) is 12.8. The molecular formula is C41H40N4O. The fourth-order valence-corrected chi connectivity index (χ4v) is 6.28. The number of phenols is 1. The highest BCUT2D eigenvalue weighted by atomic mass is 16.3. The highest BCUT2D eigenvalue weighted by Gasteiger charge is 2.29. The van der Waals surface area contributed by atoms with Crippen LogP contribution in [0.3, 0.4) is 0 Å². The molecule has 2 aliphatic heterocycles. The van der Waals surface area contributed by atoms with Crippen molar-refractivity contribution in [3.05, 3.63) is 138 Å². The van der Waals surface area contributed by atoms with E-state index in [0.29, 0.717) is 0 Å². The van der Waals surface area contributed by atoms with Gasteiger partial charge in [0.1, 0.15) is 17.6 Å². The number of para-hydroxylation sites is 1. The quantitative estimate of drug-likeness (QED) is 0.164. The lowest BCUT2D eigenvalue weighted by atomic mass is 9.79. The van der Waals surface area contributed by atoms with Crippen LogP contribution < -0.4 is 4.90 Å². The fraction of sp³-hybridized carbons (Fsp3) is 0.220. The summed E-state index contributed by atoms with van der Waals surface area (Å²) in [6, 6.07) is 27.3. The second-order valence-electron chi connectivity index (χ2n) is 14.2. The third kappa shape index (κ3) is 5.26. The van der Waals surface area contributed by atoms with Crippen molar-refractivity contribution in [3.63, 3.8) is 0 Å². The topological polar surface area (TPSA) is 44.3 Å². The van der Waals surface area contributed by atoms with Gasteiger partial charge in [-0.1, -0.05) is 114 Å². The zero-order valence-corrected chi connectivity index (χ0v) is 27.4. The van der Waals surface area contributed by atoms with Gasteiger partial charge in [-0.3, -0.25) is 4.58 Å². The Morgan fingerprint density at radius 2 is 1.59 bits per heavy atom. The molecule has 0 spiro atoms. The zero-order valence-electron chi connectivity index (χ0n) is 27.4. The minimum atomic E-state index is -0.227. The number of pyridine rings is 1. The molecule has 5 aromatic rings. The molecule has 0 saturated carbocycles. The van der Waals surface area contributed by atoms with Crippen LogP contribution in [0.5, 0.6) is 5.75 Å². The Hall–Kier alpha value is -5.16. The Kier molecular flexibility index (Phi) is 7.08. The number of hydrogen-bond acceptors (Lipinski definition) is 3. The number of hydrogen-bond donors (Lipinski definition) is 1. The molecule has 0 aliphatic carbocycles. The smallest absolute Gasteiger partial charge is 0.245 e. The van der Waals surface area contributed by atoms with Crippen molar-refractivity contribution in [2.45, 2.75) is 58.4 Å². The monoisotopic (exact) mass is 604 g/mol. The largest absolute Gasteiger partial charge is 0.513 e. The molecule has 1 atom stereocenters. The normalized spacial score (nSPS) is 16.4. The molecule has 46 heavy (non-hydrogen) atoms. The SMILES string of the molecule is CC(C)(C)c1cc(N2[C-]=[N+]3C(c4cn(-c5cc(-c6ccccc6)ccn5)c5ccccc45)=CC=CC3C=C2)c(O)c(C(C)(C)C)c1. The van der Waals surface area contributed by atoms with Crippen molar-refractivity contribution < 1.29 is 9.68 Å². The summed E-state index contributed by atoms with van der Waals surface area (Å²) in [5.41, 5.74) is 7.98. The second-order valence-corrected chi connectivity index (χ2v) is 14.2. The van der Waals surface area contributed by atoms with E-state index < -0.39 is 0 Å². The maximum atomic E-state index is 11.6. The van der Waals surface area contributed by atoms with Crippen LogP contribution in [0.25, 0.3) is 33.5 Å². The van der Waals surface area contributed by atoms with Gasteiger partial charge in [-0.15, -0.1) is 0 Å². The van der Waals surface area contributed by atoms with Crippen LogP contribution in [0.4, 0.5) is 5.69 Å². The number of rotatable bonds is 4. The van der Waals surface area contributed by atoms with Gasteiger partial charge in [0.25, 0.3) is 0 Å². The van der Waals surface area contributed by atoms with E-state index in [9.17, 15) is 5.11 Å². The average Bonchev–Trinajstić information content (AvgIpc) is 3.43. The molecule has 4 heterocycles. The molecule has 0 amide bonds. The van der Waals surface area contributed by atoms with Crippen molar-refractivity contribution >= 4 is 28.6 Å². The molecule has 2 aromatic heterocycles. The van der Waals surface area contributed by atoms with Crippen molar-refractivity contribution in [1.82, 2.24) is 9.55 Å². The molecule has 5 heteroatoms. The van der Waals surface area contributed by atoms with Gasteiger partial charge >= 0.3 is 0 Å². The Balaban J connectivity index is 1.35. The molecule has 7 rings (SSSR count). The zero-order chi connectivity index (χ0) is 32.2. The Bertz CT molecular complexity index is 2080. The highest BCUT2D eigenvalue weighted by Crippen LogP contribution is 2.42. The summed E-state index contributed by atoms with van der Waals surface area (Å²) in [6.45, 7) is 13.1. The van der Waals surface area contributed by atoms with Crippen molar-refractivity contribution in [2.24, 2.45) is 0 Å². The van der Waals surface area contributed by atoms with Gasteiger partial charge < -0.3 is 14.6 Å². The van der Waals surface area contributed by atoms with Crippen LogP contribution in [-0.4, -0.2) is 31.6 Å². The first-order chi connectivity index (χ1) is 22.0. The van der Waals surface area contributed by atoms with Crippen molar-refractivity contribution in [3.8, 4) is 22.7 Å². The van der Waals surface area contributed by atoms with Crippen LogP contribution in [0.2, 0.25) is 0 Å². The minimum Gasteiger partial charge on any atom is -0.513 e.